The minimum absolute atomic E-state index is 0.430. The zero-order valence-electron chi connectivity index (χ0n) is 11.9. The maximum Gasteiger partial charge on any atom is 0.182 e. The van der Waals surface area contributed by atoms with Gasteiger partial charge in [-0.15, -0.1) is 0 Å². The third-order valence-corrected chi connectivity index (χ3v) is 4.18. The van der Waals surface area contributed by atoms with Crippen molar-refractivity contribution >= 4 is 17.0 Å². The van der Waals surface area contributed by atoms with Gasteiger partial charge in [-0.25, -0.2) is 19.9 Å². The Balaban J connectivity index is 1.67. The van der Waals surface area contributed by atoms with Crippen LogP contribution in [0.15, 0.2) is 25.0 Å². The van der Waals surface area contributed by atoms with Crippen LogP contribution in [0, 0.1) is 6.92 Å². The van der Waals surface area contributed by atoms with Gasteiger partial charge >= 0.3 is 0 Å². The Bertz CT molecular complexity index is 759. The minimum Gasteiger partial charge on any atom is -0.350 e. The molecule has 1 atom stereocenters. The van der Waals surface area contributed by atoms with E-state index in [4.69, 9.17) is 0 Å². The van der Waals surface area contributed by atoms with Crippen molar-refractivity contribution in [3.05, 3.63) is 30.9 Å². The van der Waals surface area contributed by atoms with E-state index in [2.05, 4.69) is 34.4 Å². The normalized spacial score (nSPS) is 18.7. The Kier molecular flexibility index (Phi) is 2.83. The number of nitrogens with one attached hydrogen (secondary N) is 1. The fourth-order valence-electron chi connectivity index (χ4n) is 3.10. The maximum atomic E-state index is 4.48. The highest BCUT2D eigenvalue weighted by Gasteiger charge is 2.28. The Morgan fingerprint density at radius 2 is 2.24 bits per heavy atom. The van der Waals surface area contributed by atoms with Gasteiger partial charge in [-0.3, -0.25) is 0 Å². The van der Waals surface area contributed by atoms with Gasteiger partial charge in [-0.1, -0.05) is 0 Å². The molecule has 1 aliphatic rings. The van der Waals surface area contributed by atoms with E-state index < -0.39 is 0 Å². The average Bonchev–Trinajstić information content (AvgIpc) is 3.21. The highest BCUT2D eigenvalue weighted by molar-refractivity contribution is 5.82. The van der Waals surface area contributed by atoms with Crippen LogP contribution in [0.1, 0.15) is 18.7 Å². The molecule has 0 saturated carbocycles. The van der Waals surface area contributed by atoms with Gasteiger partial charge < -0.3 is 14.5 Å². The molecule has 7 nitrogen and oxygen atoms in total. The van der Waals surface area contributed by atoms with Crippen LogP contribution in [0.25, 0.3) is 11.2 Å². The van der Waals surface area contributed by atoms with Crippen molar-refractivity contribution in [2.24, 2.45) is 0 Å². The van der Waals surface area contributed by atoms with Gasteiger partial charge in [0.1, 0.15) is 17.7 Å². The number of H-pyrrole nitrogens is 1. The Morgan fingerprint density at radius 3 is 3.10 bits per heavy atom. The van der Waals surface area contributed by atoms with Gasteiger partial charge in [0.25, 0.3) is 0 Å². The number of nitrogens with zero attached hydrogens (tertiary/aromatic N) is 6. The van der Waals surface area contributed by atoms with E-state index in [1.165, 1.54) is 6.42 Å². The van der Waals surface area contributed by atoms with Crippen molar-refractivity contribution in [2.75, 3.05) is 11.4 Å². The van der Waals surface area contributed by atoms with E-state index in [1.54, 1.807) is 12.7 Å². The fourth-order valence-corrected chi connectivity index (χ4v) is 3.10. The van der Waals surface area contributed by atoms with Gasteiger partial charge in [-0.05, 0) is 19.8 Å². The van der Waals surface area contributed by atoms with Gasteiger partial charge in [0, 0.05) is 31.5 Å². The highest BCUT2D eigenvalue weighted by Crippen LogP contribution is 2.28. The van der Waals surface area contributed by atoms with Gasteiger partial charge in [-0.2, -0.15) is 0 Å². The lowest BCUT2D eigenvalue weighted by molar-refractivity contribution is 0.538. The van der Waals surface area contributed by atoms with Crippen molar-refractivity contribution in [3.8, 4) is 0 Å². The van der Waals surface area contributed by atoms with Crippen molar-refractivity contribution in [3.63, 3.8) is 0 Å². The lowest BCUT2D eigenvalue weighted by Gasteiger charge is -2.26. The van der Waals surface area contributed by atoms with Crippen LogP contribution in [0.2, 0.25) is 0 Å². The van der Waals surface area contributed by atoms with Crippen molar-refractivity contribution in [1.29, 1.82) is 0 Å². The first-order chi connectivity index (χ1) is 10.3. The molecule has 1 unspecified atom stereocenters. The van der Waals surface area contributed by atoms with E-state index >= 15 is 0 Å². The van der Waals surface area contributed by atoms with Gasteiger partial charge in [0.2, 0.25) is 0 Å². The second-order valence-corrected chi connectivity index (χ2v) is 5.41. The van der Waals surface area contributed by atoms with E-state index in [9.17, 15) is 0 Å². The predicted molar refractivity (Wildman–Crippen MR) is 79.0 cm³/mol. The number of aryl methyl sites for hydroxylation is 1. The molecule has 1 aliphatic heterocycles. The first-order valence-corrected chi connectivity index (χ1v) is 7.21. The number of hydrogen-bond acceptors (Lipinski definition) is 5. The molecule has 1 fully saturated rings. The first kappa shape index (κ1) is 12.3. The summed E-state index contributed by atoms with van der Waals surface area (Å²) in [6.45, 7) is 3.99. The lowest BCUT2D eigenvalue weighted by Crippen LogP contribution is -2.34. The van der Waals surface area contributed by atoms with E-state index in [1.807, 2.05) is 19.3 Å². The van der Waals surface area contributed by atoms with Crippen LogP contribution in [-0.2, 0) is 6.54 Å². The van der Waals surface area contributed by atoms with Crippen molar-refractivity contribution < 1.29 is 0 Å². The average molecular weight is 283 g/mol. The van der Waals surface area contributed by atoms with Crippen LogP contribution >= 0.6 is 0 Å². The number of hydrogen-bond donors (Lipinski definition) is 1. The molecule has 0 radical (unpaired) electrons. The summed E-state index contributed by atoms with van der Waals surface area (Å²) in [5, 5.41) is 0. The zero-order valence-corrected chi connectivity index (χ0v) is 11.9. The molecule has 0 bridgehead atoms. The maximum absolute atomic E-state index is 4.48. The monoisotopic (exact) mass is 283 g/mol. The smallest absolute Gasteiger partial charge is 0.182 e. The summed E-state index contributed by atoms with van der Waals surface area (Å²) < 4.78 is 2.20. The number of anilines is 1. The molecule has 0 amide bonds. The molecule has 0 spiro atoms. The van der Waals surface area contributed by atoms with Crippen molar-refractivity contribution in [1.82, 2.24) is 29.5 Å². The number of aromatic nitrogens is 6. The number of fused-ring (bicyclic) bond motifs is 1. The Labute approximate surface area is 122 Å². The molecule has 7 heteroatoms. The molecule has 3 aromatic heterocycles. The van der Waals surface area contributed by atoms with E-state index in [0.717, 1.165) is 42.3 Å². The summed E-state index contributed by atoms with van der Waals surface area (Å²) in [5.74, 6) is 2.01. The second kappa shape index (κ2) is 4.83. The molecule has 1 N–H and O–H groups in total. The van der Waals surface area contributed by atoms with Crippen LogP contribution < -0.4 is 4.90 Å². The first-order valence-electron chi connectivity index (χ1n) is 7.21. The summed E-state index contributed by atoms with van der Waals surface area (Å²) in [7, 11) is 0. The topological polar surface area (TPSA) is 75.5 Å². The molecule has 1 saturated heterocycles. The summed E-state index contributed by atoms with van der Waals surface area (Å²) in [6.07, 6.45) is 9.50. The number of rotatable bonds is 3. The second-order valence-electron chi connectivity index (χ2n) is 5.41. The zero-order chi connectivity index (χ0) is 14.2. The molecular formula is C14H17N7. The summed E-state index contributed by atoms with van der Waals surface area (Å²) >= 11 is 0. The number of imidazole rings is 2. The summed E-state index contributed by atoms with van der Waals surface area (Å²) in [4.78, 5) is 22.7. The summed E-state index contributed by atoms with van der Waals surface area (Å²) in [5.41, 5.74) is 1.65. The highest BCUT2D eigenvalue weighted by atomic mass is 15.3. The van der Waals surface area contributed by atoms with E-state index in [0.29, 0.717) is 6.04 Å². The summed E-state index contributed by atoms with van der Waals surface area (Å²) in [6, 6.07) is 0.430. The molecule has 4 rings (SSSR count). The van der Waals surface area contributed by atoms with Gasteiger partial charge in [0.15, 0.2) is 11.5 Å². The molecule has 21 heavy (non-hydrogen) atoms. The van der Waals surface area contributed by atoms with E-state index in [-0.39, 0.29) is 0 Å². The molecular weight excluding hydrogens is 266 g/mol. The quantitative estimate of drug-likeness (QED) is 0.789. The molecule has 0 aliphatic carbocycles. The van der Waals surface area contributed by atoms with Crippen molar-refractivity contribution in [2.45, 2.75) is 32.4 Å². The molecule has 4 heterocycles. The Morgan fingerprint density at radius 1 is 1.29 bits per heavy atom. The standard InChI is InChI=1S/C14H17N7/c1-10-15-4-6-20(10)7-11-3-2-5-21(11)14-12-13(17-8-16-12)18-9-19-14/h4,6,8-9,11H,2-3,5,7H2,1H3,(H,16,17,18,19). The molecule has 0 aromatic carbocycles. The minimum atomic E-state index is 0.430. The third-order valence-electron chi connectivity index (χ3n) is 4.18. The van der Waals surface area contributed by atoms with Crippen LogP contribution in [0.3, 0.4) is 0 Å². The van der Waals surface area contributed by atoms with Gasteiger partial charge in [0.05, 0.1) is 6.33 Å². The lowest BCUT2D eigenvalue weighted by atomic mass is 10.2. The molecule has 108 valence electrons. The predicted octanol–water partition coefficient (Wildman–Crippen LogP) is 1.53. The van der Waals surface area contributed by atoms with Crippen LogP contribution in [-0.4, -0.2) is 42.1 Å². The SMILES string of the molecule is Cc1nccn1CC1CCCN1c1ncnc2nc[nH]c12. The third kappa shape index (κ3) is 2.05. The van der Waals surface area contributed by atoms with Crippen LogP contribution in [0.5, 0.6) is 0 Å². The largest absolute Gasteiger partial charge is 0.350 e. The number of aromatic amines is 1. The fraction of sp³-hybridized carbons (Fsp3) is 0.429. The van der Waals surface area contributed by atoms with Crippen LogP contribution in [0.4, 0.5) is 5.82 Å². The molecule has 3 aromatic rings. The Hall–Kier alpha value is -2.44.